The largest absolute Gasteiger partial charge is 0.366 e. The predicted molar refractivity (Wildman–Crippen MR) is 38.0 cm³/mol. The van der Waals surface area contributed by atoms with E-state index in [2.05, 4.69) is 10.5 Å². The van der Waals surface area contributed by atoms with E-state index in [1.54, 1.807) is 18.4 Å². The van der Waals surface area contributed by atoms with Gasteiger partial charge in [0.15, 0.2) is 0 Å². The van der Waals surface area contributed by atoms with Crippen molar-refractivity contribution in [1.82, 2.24) is 5.43 Å². The first kappa shape index (κ1) is 6.54. The second kappa shape index (κ2) is 2.82. The zero-order valence-electron chi connectivity index (χ0n) is 5.24. The molecule has 3 N–H and O–H groups in total. The lowest BCUT2D eigenvalue weighted by molar-refractivity contribution is -0.114. The van der Waals surface area contributed by atoms with E-state index in [0.717, 1.165) is 0 Å². The molecule has 0 saturated carbocycles. The third-order valence-electron chi connectivity index (χ3n) is 1.03. The van der Waals surface area contributed by atoms with Gasteiger partial charge in [0.25, 0.3) is 0 Å². The number of nitrogens with two attached hydrogens (primary N) is 1. The van der Waals surface area contributed by atoms with Crippen molar-refractivity contribution < 1.29 is 4.79 Å². The second-order valence-electron chi connectivity index (χ2n) is 1.73. The van der Waals surface area contributed by atoms with Crippen LogP contribution in [0.15, 0.2) is 29.0 Å². The molecule has 0 fully saturated rings. The van der Waals surface area contributed by atoms with Crippen LogP contribution in [0.4, 0.5) is 0 Å². The Morgan fingerprint density at radius 1 is 1.70 bits per heavy atom. The Hall–Kier alpha value is -1.58. The maximum Gasteiger partial charge on any atom is 0.248 e. The zero-order chi connectivity index (χ0) is 7.40. The van der Waals surface area contributed by atoms with Crippen molar-refractivity contribution in [3.05, 3.63) is 23.9 Å². The number of hydrogen-bond donors (Lipinski definition) is 2. The van der Waals surface area contributed by atoms with E-state index in [1.807, 2.05) is 0 Å². The minimum absolute atomic E-state index is 0.439. The predicted octanol–water partition coefficient (Wildman–Crippen LogP) is -0.499. The first-order valence-electron chi connectivity index (χ1n) is 2.76. The monoisotopic (exact) mass is 137 g/mol. The number of carbonyl (C=O) groups excluding carboxylic acids is 1. The molecule has 10 heavy (non-hydrogen) atoms. The maximum absolute atomic E-state index is 10.5. The summed E-state index contributed by atoms with van der Waals surface area (Å²) in [6.45, 7) is 0. The molecule has 1 aliphatic heterocycles. The van der Waals surface area contributed by atoms with Crippen LogP contribution >= 0.6 is 0 Å². The smallest absolute Gasteiger partial charge is 0.248 e. The third kappa shape index (κ3) is 1.45. The lowest BCUT2D eigenvalue weighted by atomic mass is 10.2. The van der Waals surface area contributed by atoms with Crippen molar-refractivity contribution in [1.29, 1.82) is 0 Å². The fourth-order valence-electron chi connectivity index (χ4n) is 0.551. The molecule has 0 atom stereocenters. The van der Waals surface area contributed by atoms with Crippen molar-refractivity contribution in [3.63, 3.8) is 0 Å². The minimum Gasteiger partial charge on any atom is -0.366 e. The summed E-state index contributed by atoms with van der Waals surface area (Å²) in [7, 11) is 0. The maximum atomic E-state index is 10.5. The molecule has 52 valence electrons. The minimum atomic E-state index is -0.452. The van der Waals surface area contributed by atoms with E-state index in [-0.39, 0.29) is 0 Å². The van der Waals surface area contributed by atoms with Crippen molar-refractivity contribution >= 4 is 12.1 Å². The van der Waals surface area contributed by atoms with Crippen LogP contribution in [0.1, 0.15) is 0 Å². The summed E-state index contributed by atoms with van der Waals surface area (Å²) in [5, 5.41) is 3.66. The van der Waals surface area contributed by atoms with E-state index in [9.17, 15) is 4.79 Å². The summed E-state index contributed by atoms with van der Waals surface area (Å²) in [4.78, 5) is 10.5. The van der Waals surface area contributed by atoms with E-state index in [0.29, 0.717) is 5.57 Å². The highest BCUT2D eigenvalue weighted by Crippen LogP contribution is 1.94. The molecule has 4 heteroatoms. The van der Waals surface area contributed by atoms with Gasteiger partial charge < -0.3 is 5.73 Å². The van der Waals surface area contributed by atoms with Crippen LogP contribution < -0.4 is 11.2 Å². The van der Waals surface area contributed by atoms with Crippen LogP contribution in [0, 0.1) is 0 Å². The highest BCUT2D eigenvalue weighted by Gasteiger charge is 1.98. The summed E-state index contributed by atoms with van der Waals surface area (Å²) in [6.07, 6.45) is 6.12. The standard InChI is InChI=1S/C6H7N3O/c7-6(10)5-1-3-8-9-4-2-5/h1-4,8H,(H2,7,10). The fourth-order valence-corrected chi connectivity index (χ4v) is 0.551. The molecular formula is C6H7N3O. The highest BCUT2D eigenvalue weighted by atomic mass is 16.1. The molecule has 0 bridgehead atoms. The topological polar surface area (TPSA) is 67.5 Å². The van der Waals surface area contributed by atoms with Gasteiger partial charge in [-0.25, -0.2) is 0 Å². The second-order valence-corrected chi connectivity index (χ2v) is 1.73. The molecule has 1 aliphatic rings. The Labute approximate surface area is 58.1 Å². The lowest BCUT2D eigenvalue weighted by Crippen LogP contribution is -2.12. The van der Waals surface area contributed by atoms with E-state index < -0.39 is 5.91 Å². The van der Waals surface area contributed by atoms with Crippen molar-refractivity contribution in [3.8, 4) is 0 Å². The van der Waals surface area contributed by atoms with Crippen LogP contribution in [0.3, 0.4) is 0 Å². The molecule has 0 aromatic heterocycles. The first-order valence-corrected chi connectivity index (χ1v) is 2.76. The molecule has 0 aromatic carbocycles. The van der Waals surface area contributed by atoms with E-state index in [4.69, 9.17) is 5.73 Å². The molecule has 0 aromatic rings. The Morgan fingerprint density at radius 3 is 3.20 bits per heavy atom. The quantitative estimate of drug-likeness (QED) is 0.511. The summed E-state index contributed by atoms with van der Waals surface area (Å²) in [6, 6.07) is 0. The average Bonchev–Trinajstić information content (AvgIpc) is 2.12. The molecule has 0 aliphatic carbocycles. The number of nitrogens with one attached hydrogen (secondary N) is 1. The van der Waals surface area contributed by atoms with Gasteiger partial charge >= 0.3 is 0 Å². The van der Waals surface area contributed by atoms with Gasteiger partial charge in [0, 0.05) is 18.0 Å². The Bertz CT molecular complexity index is 227. The van der Waals surface area contributed by atoms with Crippen LogP contribution in [0.5, 0.6) is 0 Å². The molecule has 0 unspecified atom stereocenters. The molecule has 1 heterocycles. The number of hydrazone groups is 1. The lowest BCUT2D eigenvalue weighted by Gasteiger charge is -1.88. The van der Waals surface area contributed by atoms with Crippen LogP contribution in [-0.2, 0) is 4.79 Å². The fraction of sp³-hybridized carbons (Fsp3) is 0. The van der Waals surface area contributed by atoms with Crippen molar-refractivity contribution in [2.24, 2.45) is 10.8 Å². The van der Waals surface area contributed by atoms with Crippen LogP contribution in [-0.4, -0.2) is 12.1 Å². The Morgan fingerprint density at radius 2 is 2.50 bits per heavy atom. The molecule has 0 radical (unpaired) electrons. The molecule has 1 rings (SSSR count). The van der Waals surface area contributed by atoms with E-state index in [1.165, 1.54) is 6.21 Å². The SMILES string of the molecule is NC(=O)C1=CC=NNC=C1. The van der Waals surface area contributed by atoms with Gasteiger partial charge in [0.1, 0.15) is 0 Å². The van der Waals surface area contributed by atoms with Crippen molar-refractivity contribution in [2.45, 2.75) is 0 Å². The van der Waals surface area contributed by atoms with Gasteiger partial charge in [-0.2, -0.15) is 5.10 Å². The third-order valence-corrected chi connectivity index (χ3v) is 1.03. The summed E-state index contributed by atoms with van der Waals surface area (Å²) in [5.41, 5.74) is 7.99. The molecular weight excluding hydrogens is 130 g/mol. The van der Waals surface area contributed by atoms with Crippen molar-refractivity contribution in [2.75, 3.05) is 0 Å². The number of allylic oxidation sites excluding steroid dienone is 1. The van der Waals surface area contributed by atoms with E-state index >= 15 is 0 Å². The van der Waals surface area contributed by atoms with Crippen LogP contribution in [0.25, 0.3) is 0 Å². The van der Waals surface area contributed by atoms with Gasteiger partial charge in [0.2, 0.25) is 5.91 Å². The summed E-state index contributed by atoms with van der Waals surface area (Å²) < 4.78 is 0. The van der Waals surface area contributed by atoms with Gasteiger partial charge in [-0.3, -0.25) is 10.2 Å². The number of hydrogen-bond acceptors (Lipinski definition) is 3. The van der Waals surface area contributed by atoms with Gasteiger partial charge in [-0.15, -0.1) is 0 Å². The Balaban J connectivity index is 2.83. The summed E-state index contributed by atoms with van der Waals surface area (Å²) in [5.74, 6) is -0.452. The zero-order valence-corrected chi connectivity index (χ0v) is 5.24. The van der Waals surface area contributed by atoms with Crippen LogP contribution in [0.2, 0.25) is 0 Å². The first-order chi connectivity index (χ1) is 4.80. The van der Waals surface area contributed by atoms with Gasteiger partial charge in [-0.1, -0.05) is 0 Å². The molecule has 1 amide bonds. The van der Waals surface area contributed by atoms with Gasteiger partial charge in [-0.05, 0) is 12.2 Å². The Kier molecular flexibility index (Phi) is 1.84. The number of amides is 1. The molecule has 0 saturated heterocycles. The average molecular weight is 137 g/mol. The number of primary amides is 1. The number of carbonyl (C=O) groups is 1. The molecule has 4 nitrogen and oxygen atoms in total. The highest BCUT2D eigenvalue weighted by molar-refractivity contribution is 5.98. The summed E-state index contributed by atoms with van der Waals surface area (Å²) >= 11 is 0. The van der Waals surface area contributed by atoms with Gasteiger partial charge in [0.05, 0.1) is 0 Å². The molecule has 0 spiro atoms. The normalized spacial score (nSPS) is 15.4. The number of rotatable bonds is 1. The number of nitrogens with zero attached hydrogens (tertiary/aromatic N) is 1.